The SMILES string of the molecule is O=C1C(c2nc(-c3ccccc3)no2)CNC2CCC(F)CC12. The Hall–Kier alpha value is -2.08. The molecule has 0 spiro atoms. The molecule has 4 rings (SSSR count). The van der Waals surface area contributed by atoms with Crippen LogP contribution < -0.4 is 5.32 Å². The molecule has 6 heteroatoms. The summed E-state index contributed by atoms with van der Waals surface area (Å²) in [6.07, 6.45) is 0.657. The molecule has 2 aromatic rings. The number of benzene rings is 1. The number of hydrogen-bond acceptors (Lipinski definition) is 5. The Kier molecular flexibility index (Phi) is 3.69. The van der Waals surface area contributed by atoms with Crippen LogP contribution in [0.15, 0.2) is 34.9 Å². The van der Waals surface area contributed by atoms with E-state index in [2.05, 4.69) is 15.5 Å². The van der Waals surface area contributed by atoms with Gasteiger partial charge in [-0.1, -0.05) is 35.5 Å². The first-order valence-electron chi connectivity index (χ1n) is 8.02. The molecule has 1 aliphatic heterocycles. The molecule has 0 bridgehead atoms. The van der Waals surface area contributed by atoms with Gasteiger partial charge in [0.05, 0.1) is 0 Å². The average Bonchev–Trinajstić information content (AvgIpc) is 3.06. The van der Waals surface area contributed by atoms with E-state index in [4.69, 9.17) is 4.52 Å². The fourth-order valence-electron chi connectivity index (χ4n) is 3.60. The van der Waals surface area contributed by atoms with Gasteiger partial charge in [-0.15, -0.1) is 0 Å². The first-order chi connectivity index (χ1) is 11.2. The Labute approximate surface area is 133 Å². The number of piperidine rings is 1. The lowest BCUT2D eigenvalue weighted by molar-refractivity contribution is -0.129. The largest absolute Gasteiger partial charge is 0.338 e. The summed E-state index contributed by atoms with van der Waals surface area (Å²) in [5, 5.41) is 7.33. The zero-order chi connectivity index (χ0) is 15.8. The van der Waals surface area contributed by atoms with Crippen molar-refractivity contribution in [3.05, 3.63) is 36.2 Å². The number of carbonyl (C=O) groups is 1. The molecule has 2 aliphatic rings. The Bertz CT molecular complexity index is 703. The molecule has 1 aromatic heterocycles. The fraction of sp³-hybridized carbons (Fsp3) is 0.471. The number of fused-ring (bicyclic) bond motifs is 1. The molecule has 1 N–H and O–H groups in total. The number of nitrogens with zero attached hydrogens (tertiary/aromatic N) is 2. The van der Waals surface area contributed by atoms with Crippen molar-refractivity contribution < 1.29 is 13.7 Å². The molecule has 1 aliphatic carbocycles. The Morgan fingerprint density at radius 3 is 2.87 bits per heavy atom. The summed E-state index contributed by atoms with van der Waals surface area (Å²) in [5.74, 6) is 0.0544. The lowest BCUT2D eigenvalue weighted by Gasteiger charge is -2.38. The molecule has 0 radical (unpaired) electrons. The van der Waals surface area contributed by atoms with Gasteiger partial charge in [-0.2, -0.15) is 4.98 Å². The van der Waals surface area contributed by atoms with Crippen molar-refractivity contribution >= 4 is 5.78 Å². The fourth-order valence-corrected chi connectivity index (χ4v) is 3.60. The van der Waals surface area contributed by atoms with Gasteiger partial charge in [0, 0.05) is 24.1 Å². The minimum Gasteiger partial charge on any atom is -0.338 e. The van der Waals surface area contributed by atoms with E-state index in [-0.39, 0.29) is 17.7 Å². The van der Waals surface area contributed by atoms with E-state index in [0.717, 1.165) is 5.56 Å². The molecule has 4 unspecified atom stereocenters. The van der Waals surface area contributed by atoms with Crippen molar-refractivity contribution in [2.75, 3.05) is 6.54 Å². The van der Waals surface area contributed by atoms with Crippen molar-refractivity contribution in [1.82, 2.24) is 15.5 Å². The van der Waals surface area contributed by atoms with Crippen molar-refractivity contribution in [2.45, 2.75) is 37.4 Å². The highest BCUT2D eigenvalue weighted by atomic mass is 19.1. The van der Waals surface area contributed by atoms with Gasteiger partial charge >= 0.3 is 0 Å². The van der Waals surface area contributed by atoms with Gasteiger partial charge in [-0.25, -0.2) is 4.39 Å². The van der Waals surface area contributed by atoms with Crippen LogP contribution in [-0.4, -0.2) is 34.7 Å². The minimum atomic E-state index is -0.886. The highest BCUT2D eigenvalue weighted by molar-refractivity contribution is 5.89. The van der Waals surface area contributed by atoms with E-state index in [1.807, 2.05) is 30.3 Å². The van der Waals surface area contributed by atoms with Crippen LogP contribution in [0, 0.1) is 5.92 Å². The molecule has 2 fully saturated rings. The maximum atomic E-state index is 13.7. The van der Waals surface area contributed by atoms with Gasteiger partial charge in [-0.3, -0.25) is 4.79 Å². The van der Waals surface area contributed by atoms with Gasteiger partial charge in [0.1, 0.15) is 12.1 Å². The van der Waals surface area contributed by atoms with Crippen LogP contribution in [0.1, 0.15) is 31.1 Å². The molecule has 1 aromatic carbocycles. The van der Waals surface area contributed by atoms with E-state index in [1.165, 1.54) is 0 Å². The highest BCUT2D eigenvalue weighted by Crippen LogP contribution is 2.35. The number of halogens is 1. The van der Waals surface area contributed by atoms with Gasteiger partial charge in [0.15, 0.2) is 5.78 Å². The third kappa shape index (κ3) is 2.67. The molecule has 4 atom stereocenters. The van der Waals surface area contributed by atoms with Crippen molar-refractivity contribution in [1.29, 1.82) is 0 Å². The minimum absolute atomic E-state index is 0.0272. The number of carbonyl (C=O) groups excluding carboxylic acids is 1. The summed E-state index contributed by atoms with van der Waals surface area (Å²) < 4.78 is 19.0. The molecular weight excluding hydrogens is 297 g/mol. The highest BCUT2D eigenvalue weighted by Gasteiger charge is 2.44. The molecule has 0 amide bonds. The Morgan fingerprint density at radius 1 is 1.22 bits per heavy atom. The predicted octanol–water partition coefficient (Wildman–Crippen LogP) is 2.50. The summed E-state index contributed by atoms with van der Waals surface area (Å²) in [6.45, 7) is 0.480. The summed E-state index contributed by atoms with van der Waals surface area (Å²) in [5.41, 5.74) is 0.845. The van der Waals surface area contributed by atoms with Crippen LogP contribution in [0.25, 0.3) is 11.4 Å². The number of ketones is 1. The van der Waals surface area contributed by atoms with Gasteiger partial charge in [-0.05, 0) is 19.3 Å². The second-order valence-electron chi connectivity index (χ2n) is 6.31. The van der Waals surface area contributed by atoms with Crippen LogP contribution in [0.5, 0.6) is 0 Å². The second-order valence-corrected chi connectivity index (χ2v) is 6.31. The molecule has 2 heterocycles. The molecular formula is C17H18FN3O2. The lowest BCUT2D eigenvalue weighted by Crippen LogP contribution is -2.53. The monoisotopic (exact) mass is 315 g/mol. The van der Waals surface area contributed by atoms with Crippen LogP contribution in [-0.2, 0) is 4.79 Å². The topological polar surface area (TPSA) is 68.0 Å². The van der Waals surface area contributed by atoms with E-state index in [1.54, 1.807) is 0 Å². The van der Waals surface area contributed by atoms with Crippen LogP contribution >= 0.6 is 0 Å². The van der Waals surface area contributed by atoms with Crippen LogP contribution in [0.3, 0.4) is 0 Å². The van der Waals surface area contributed by atoms with Gasteiger partial charge in [0.25, 0.3) is 0 Å². The molecule has 1 saturated carbocycles. The van der Waals surface area contributed by atoms with Crippen molar-refractivity contribution in [3.63, 3.8) is 0 Å². The molecule has 23 heavy (non-hydrogen) atoms. The quantitative estimate of drug-likeness (QED) is 0.922. The van der Waals surface area contributed by atoms with E-state index in [9.17, 15) is 9.18 Å². The summed E-state index contributed by atoms with van der Waals surface area (Å²) in [6, 6.07) is 9.57. The molecule has 120 valence electrons. The number of hydrogen-bond donors (Lipinski definition) is 1. The molecule has 1 saturated heterocycles. The number of nitrogens with one attached hydrogen (secondary N) is 1. The lowest BCUT2D eigenvalue weighted by atomic mass is 9.74. The van der Waals surface area contributed by atoms with Gasteiger partial charge in [0.2, 0.25) is 11.7 Å². The summed E-state index contributed by atoms with van der Waals surface area (Å²) in [7, 11) is 0. The van der Waals surface area contributed by atoms with Crippen molar-refractivity contribution in [2.24, 2.45) is 5.92 Å². The first kappa shape index (κ1) is 14.5. The second kappa shape index (κ2) is 5.85. The smallest absolute Gasteiger partial charge is 0.238 e. The Balaban J connectivity index is 1.57. The first-order valence-corrected chi connectivity index (χ1v) is 8.02. The third-order valence-electron chi connectivity index (χ3n) is 4.85. The number of aromatic nitrogens is 2. The summed E-state index contributed by atoms with van der Waals surface area (Å²) in [4.78, 5) is 17.1. The standard InChI is InChI=1S/C17H18FN3O2/c18-11-6-7-14-12(8-11)15(22)13(9-19-14)17-20-16(21-23-17)10-4-2-1-3-5-10/h1-5,11-14,19H,6-9H2. The normalized spacial score (nSPS) is 30.9. The maximum absolute atomic E-state index is 13.7. The van der Waals surface area contributed by atoms with E-state index in [0.29, 0.717) is 37.5 Å². The van der Waals surface area contributed by atoms with Gasteiger partial charge < -0.3 is 9.84 Å². The predicted molar refractivity (Wildman–Crippen MR) is 81.5 cm³/mol. The number of Topliss-reactive ketones (excluding diaryl/α,β-unsaturated/α-hetero) is 1. The van der Waals surface area contributed by atoms with E-state index < -0.39 is 12.1 Å². The summed E-state index contributed by atoms with van der Waals surface area (Å²) >= 11 is 0. The number of rotatable bonds is 2. The average molecular weight is 315 g/mol. The zero-order valence-corrected chi connectivity index (χ0v) is 12.6. The van der Waals surface area contributed by atoms with Crippen LogP contribution in [0.2, 0.25) is 0 Å². The van der Waals surface area contributed by atoms with E-state index >= 15 is 0 Å². The van der Waals surface area contributed by atoms with Crippen molar-refractivity contribution in [3.8, 4) is 11.4 Å². The third-order valence-corrected chi connectivity index (χ3v) is 4.85. The Morgan fingerprint density at radius 2 is 2.04 bits per heavy atom. The van der Waals surface area contributed by atoms with Crippen LogP contribution in [0.4, 0.5) is 4.39 Å². The number of alkyl halides is 1. The molecule has 5 nitrogen and oxygen atoms in total. The maximum Gasteiger partial charge on any atom is 0.238 e. The zero-order valence-electron chi connectivity index (χ0n) is 12.6.